The first kappa shape index (κ1) is 14.6. The minimum atomic E-state index is -3.25. The molecule has 0 aliphatic carbocycles. The highest BCUT2D eigenvalue weighted by Crippen LogP contribution is 2.18. The minimum Gasteiger partial charge on any atom is -0.302 e. The maximum absolute atomic E-state index is 11.9. The van der Waals surface area contributed by atoms with Crippen LogP contribution in [0.1, 0.15) is 52.9 Å². The monoisotopic (exact) mass is 234 g/mol. The van der Waals surface area contributed by atoms with Crippen LogP contribution in [0.25, 0.3) is 0 Å². The summed E-state index contributed by atoms with van der Waals surface area (Å²) in [6.45, 7) is 5.42. The molecule has 0 spiro atoms. The fourth-order valence-electron chi connectivity index (χ4n) is 1.60. The molecule has 0 aromatic rings. The molecule has 90 valence electrons. The fourth-order valence-corrected chi connectivity index (χ4v) is 3.33. The number of carbonyl (C=O) groups is 1. The van der Waals surface area contributed by atoms with Gasteiger partial charge in [0.05, 0.1) is 5.25 Å². The van der Waals surface area contributed by atoms with E-state index in [0.29, 0.717) is 19.1 Å². The Kier molecular flexibility index (Phi) is 6.81. The molecule has 3 nitrogen and oxygen atoms in total. The lowest BCUT2D eigenvalue weighted by molar-refractivity contribution is -0.107. The number of carbonyl (C=O) groups excluding carboxylic acids is 1. The molecule has 2 unspecified atom stereocenters. The van der Waals surface area contributed by atoms with Crippen molar-refractivity contribution in [2.75, 3.05) is 0 Å². The van der Waals surface area contributed by atoms with Gasteiger partial charge in [-0.25, -0.2) is 8.42 Å². The first-order valence-corrected chi connectivity index (χ1v) is 7.29. The SMILES string of the molecule is CCCCCC(CC)S(=O)(=O)C(C)C=O. The molecular formula is C11H22O3S. The van der Waals surface area contributed by atoms with E-state index < -0.39 is 15.1 Å². The zero-order valence-corrected chi connectivity index (χ0v) is 10.7. The van der Waals surface area contributed by atoms with E-state index in [4.69, 9.17) is 0 Å². The molecule has 0 heterocycles. The Morgan fingerprint density at radius 1 is 1.20 bits per heavy atom. The minimum absolute atomic E-state index is 0.343. The molecule has 0 saturated heterocycles. The largest absolute Gasteiger partial charge is 0.302 e. The molecule has 0 rings (SSSR count). The molecule has 0 amide bonds. The number of unbranched alkanes of at least 4 members (excludes halogenated alkanes) is 2. The maximum atomic E-state index is 11.9. The third kappa shape index (κ3) is 4.33. The van der Waals surface area contributed by atoms with Gasteiger partial charge in [0.2, 0.25) is 0 Å². The summed E-state index contributed by atoms with van der Waals surface area (Å²) in [6, 6.07) is 0. The summed E-state index contributed by atoms with van der Waals surface area (Å²) in [7, 11) is -3.25. The van der Waals surface area contributed by atoms with Crippen molar-refractivity contribution in [3.63, 3.8) is 0 Å². The van der Waals surface area contributed by atoms with E-state index in [9.17, 15) is 13.2 Å². The van der Waals surface area contributed by atoms with Crippen LogP contribution in [-0.4, -0.2) is 25.2 Å². The lowest BCUT2D eigenvalue weighted by atomic mass is 10.1. The fraction of sp³-hybridized carbons (Fsp3) is 0.909. The van der Waals surface area contributed by atoms with E-state index in [2.05, 4.69) is 6.92 Å². The van der Waals surface area contributed by atoms with E-state index >= 15 is 0 Å². The van der Waals surface area contributed by atoms with Crippen LogP contribution in [0.3, 0.4) is 0 Å². The van der Waals surface area contributed by atoms with Gasteiger partial charge in [0.15, 0.2) is 9.84 Å². The average molecular weight is 234 g/mol. The number of rotatable bonds is 8. The molecular weight excluding hydrogens is 212 g/mol. The number of hydrogen-bond donors (Lipinski definition) is 0. The van der Waals surface area contributed by atoms with E-state index in [1.165, 1.54) is 6.92 Å². The van der Waals surface area contributed by atoms with Crippen LogP contribution >= 0.6 is 0 Å². The van der Waals surface area contributed by atoms with Crippen LogP contribution in [-0.2, 0) is 14.6 Å². The molecule has 0 aliphatic rings. The Labute approximate surface area is 93.2 Å². The molecule has 15 heavy (non-hydrogen) atoms. The highest BCUT2D eigenvalue weighted by atomic mass is 32.2. The van der Waals surface area contributed by atoms with Crippen LogP contribution in [0, 0.1) is 0 Å². The molecule has 0 aromatic heterocycles. The molecule has 0 saturated carbocycles. The highest BCUT2D eigenvalue weighted by Gasteiger charge is 2.28. The lowest BCUT2D eigenvalue weighted by Crippen LogP contribution is -2.30. The van der Waals surface area contributed by atoms with Crippen LogP contribution in [0.5, 0.6) is 0 Å². The normalized spacial score (nSPS) is 15.9. The average Bonchev–Trinajstić information content (AvgIpc) is 2.22. The third-order valence-corrected chi connectivity index (χ3v) is 5.41. The second-order valence-electron chi connectivity index (χ2n) is 3.96. The second kappa shape index (κ2) is 6.99. The van der Waals surface area contributed by atoms with Crippen molar-refractivity contribution >= 4 is 16.1 Å². The van der Waals surface area contributed by atoms with Crippen molar-refractivity contribution in [2.45, 2.75) is 63.4 Å². The molecule has 2 atom stereocenters. The molecule has 0 aliphatic heterocycles. The van der Waals surface area contributed by atoms with Gasteiger partial charge in [-0.3, -0.25) is 0 Å². The molecule has 0 radical (unpaired) electrons. The van der Waals surface area contributed by atoms with Crippen LogP contribution in [0.2, 0.25) is 0 Å². The Morgan fingerprint density at radius 2 is 1.80 bits per heavy atom. The number of aldehydes is 1. The smallest absolute Gasteiger partial charge is 0.162 e. The van der Waals surface area contributed by atoms with E-state index in [-0.39, 0.29) is 5.25 Å². The van der Waals surface area contributed by atoms with Gasteiger partial charge >= 0.3 is 0 Å². The first-order chi connectivity index (χ1) is 7.00. The summed E-state index contributed by atoms with van der Waals surface area (Å²) >= 11 is 0. The van der Waals surface area contributed by atoms with Gasteiger partial charge in [0, 0.05) is 0 Å². The van der Waals surface area contributed by atoms with Crippen molar-refractivity contribution in [1.29, 1.82) is 0 Å². The van der Waals surface area contributed by atoms with E-state index in [1.807, 2.05) is 6.92 Å². The summed E-state index contributed by atoms with van der Waals surface area (Å²) in [5.41, 5.74) is 0. The van der Waals surface area contributed by atoms with Crippen molar-refractivity contribution in [3.8, 4) is 0 Å². The lowest BCUT2D eigenvalue weighted by Gasteiger charge is -2.17. The molecule has 0 fully saturated rings. The Hall–Kier alpha value is -0.380. The summed E-state index contributed by atoms with van der Waals surface area (Å²) in [6.07, 6.45) is 4.88. The summed E-state index contributed by atoms with van der Waals surface area (Å²) < 4.78 is 23.7. The van der Waals surface area contributed by atoms with Crippen molar-refractivity contribution in [1.82, 2.24) is 0 Å². The van der Waals surface area contributed by atoms with Crippen molar-refractivity contribution < 1.29 is 13.2 Å². The quantitative estimate of drug-likeness (QED) is 0.478. The van der Waals surface area contributed by atoms with Crippen LogP contribution < -0.4 is 0 Å². The van der Waals surface area contributed by atoms with Crippen molar-refractivity contribution in [2.24, 2.45) is 0 Å². The Bertz CT molecular complexity index is 270. The number of sulfone groups is 1. The van der Waals surface area contributed by atoms with Crippen molar-refractivity contribution in [3.05, 3.63) is 0 Å². The predicted octanol–water partition coefficient (Wildman–Crippen LogP) is 2.35. The number of hydrogen-bond acceptors (Lipinski definition) is 3. The zero-order chi connectivity index (χ0) is 11.9. The van der Waals surface area contributed by atoms with Crippen LogP contribution in [0.15, 0.2) is 0 Å². The summed E-state index contributed by atoms with van der Waals surface area (Å²) in [4.78, 5) is 10.5. The summed E-state index contributed by atoms with van der Waals surface area (Å²) in [5, 5.41) is -1.20. The van der Waals surface area contributed by atoms with Gasteiger partial charge in [-0.1, -0.05) is 33.1 Å². The van der Waals surface area contributed by atoms with Gasteiger partial charge < -0.3 is 4.79 Å². The molecule has 0 aromatic carbocycles. The maximum Gasteiger partial charge on any atom is 0.162 e. The highest BCUT2D eigenvalue weighted by molar-refractivity contribution is 7.93. The second-order valence-corrected chi connectivity index (χ2v) is 6.54. The van der Waals surface area contributed by atoms with Gasteiger partial charge in [0.25, 0.3) is 0 Å². The van der Waals surface area contributed by atoms with Gasteiger partial charge in [-0.05, 0) is 19.8 Å². The standard InChI is InChI=1S/C11H22O3S/c1-4-6-7-8-11(5-2)15(13,14)10(3)9-12/h9-11H,4-8H2,1-3H3. The zero-order valence-electron chi connectivity index (χ0n) is 9.90. The Balaban J connectivity index is 4.45. The summed E-state index contributed by atoms with van der Waals surface area (Å²) in [5.74, 6) is 0. The van der Waals surface area contributed by atoms with E-state index in [0.717, 1.165) is 19.3 Å². The Morgan fingerprint density at radius 3 is 2.20 bits per heavy atom. The molecule has 0 N–H and O–H groups in total. The predicted molar refractivity (Wildman–Crippen MR) is 62.7 cm³/mol. The topological polar surface area (TPSA) is 51.2 Å². The third-order valence-electron chi connectivity index (χ3n) is 2.76. The molecule has 4 heteroatoms. The first-order valence-electron chi connectivity index (χ1n) is 5.68. The van der Waals surface area contributed by atoms with Gasteiger partial charge in [0.1, 0.15) is 11.5 Å². The van der Waals surface area contributed by atoms with E-state index in [1.54, 1.807) is 0 Å². The molecule has 0 bridgehead atoms. The van der Waals surface area contributed by atoms with Crippen LogP contribution in [0.4, 0.5) is 0 Å². The van der Waals surface area contributed by atoms with Gasteiger partial charge in [-0.15, -0.1) is 0 Å². The van der Waals surface area contributed by atoms with Gasteiger partial charge in [-0.2, -0.15) is 0 Å².